The summed E-state index contributed by atoms with van der Waals surface area (Å²) in [5, 5.41) is 29.0. The quantitative estimate of drug-likeness (QED) is 0.530. The average molecular weight is 229 g/mol. The van der Waals surface area contributed by atoms with E-state index >= 15 is 0 Å². The molecule has 88 valence electrons. The molecule has 8 nitrogen and oxygen atoms in total. The van der Waals surface area contributed by atoms with Gasteiger partial charge in [0, 0.05) is 6.42 Å². The number of aliphatic hydroxyl groups excluding tert-OH is 2. The third-order valence-corrected chi connectivity index (χ3v) is 2.51. The second-order valence-corrected chi connectivity index (χ2v) is 3.51. The minimum atomic E-state index is -0.822. The van der Waals surface area contributed by atoms with Crippen molar-refractivity contribution in [1.82, 2.24) is 9.55 Å². The van der Waals surface area contributed by atoms with Crippen molar-refractivity contribution in [2.45, 2.75) is 24.9 Å². The van der Waals surface area contributed by atoms with Crippen molar-refractivity contribution in [3.63, 3.8) is 0 Å². The van der Waals surface area contributed by atoms with Crippen LogP contribution in [0.5, 0.6) is 0 Å². The highest BCUT2D eigenvalue weighted by Crippen LogP contribution is 2.30. The Hall–Kier alpha value is -1.51. The summed E-state index contributed by atoms with van der Waals surface area (Å²) in [4.78, 5) is 13.6. The fraction of sp³-hybridized carbons (Fsp3) is 0.625. The molecule has 0 spiro atoms. The lowest BCUT2D eigenvalue weighted by molar-refractivity contribution is -0.398. The monoisotopic (exact) mass is 229 g/mol. The second kappa shape index (κ2) is 4.16. The van der Waals surface area contributed by atoms with Crippen LogP contribution in [0.3, 0.4) is 0 Å². The number of hydrogen-bond donors (Lipinski definition) is 2. The summed E-state index contributed by atoms with van der Waals surface area (Å²) in [6.07, 6.45) is 0.719. The molecule has 0 radical (unpaired) electrons. The van der Waals surface area contributed by atoms with E-state index in [-0.39, 0.29) is 19.0 Å². The van der Waals surface area contributed by atoms with Gasteiger partial charge in [0.25, 0.3) is 0 Å². The topological polar surface area (TPSA) is 111 Å². The Kier molecular flexibility index (Phi) is 2.86. The van der Waals surface area contributed by atoms with E-state index in [1.54, 1.807) is 0 Å². The first kappa shape index (κ1) is 11.0. The van der Waals surface area contributed by atoms with E-state index in [2.05, 4.69) is 4.98 Å². The molecule has 1 unspecified atom stereocenters. The number of hydrogen-bond acceptors (Lipinski definition) is 6. The lowest BCUT2D eigenvalue weighted by Gasteiger charge is -2.10. The highest BCUT2D eigenvalue weighted by atomic mass is 16.6. The summed E-state index contributed by atoms with van der Waals surface area (Å²) >= 11 is 0. The third kappa shape index (κ3) is 1.77. The smallest absolute Gasteiger partial charge is 0.394 e. The van der Waals surface area contributed by atoms with E-state index in [0.717, 1.165) is 0 Å². The highest BCUT2D eigenvalue weighted by molar-refractivity contribution is 5.08. The molecule has 2 heterocycles. The molecule has 16 heavy (non-hydrogen) atoms. The van der Waals surface area contributed by atoms with Crippen molar-refractivity contribution in [2.24, 2.45) is 0 Å². The van der Waals surface area contributed by atoms with Gasteiger partial charge in [-0.15, -0.1) is 0 Å². The van der Waals surface area contributed by atoms with Gasteiger partial charge in [-0.1, -0.05) is 4.98 Å². The number of imidazole rings is 1. The van der Waals surface area contributed by atoms with Crippen molar-refractivity contribution < 1.29 is 19.9 Å². The Balaban J connectivity index is 2.20. The van der Waals surface area contributed by atoms with Gasteiger partial charge in [-0.25, -0.2) is 4.57 Å². The number of nitro groups is 1. The Bertz CT molecular complexity index is 393. The van der Waals surface area contributed by atoms with E-state index in [1.165, 1.54) is 17.0 Å². The molecule has 1 saturated heterocycles. The van der Waals surface area contributed by atoms with Gasteiger partial charge in [-0.05, 0) is 4.92 Å². The van der Waals surface area contributed by atoms with Crippen LogP contribution >= 0.6 is 0 Å². The normalized spacial score (nSPS) is 29.5. The molecule has 1 aromatic rings. The molecule has 2 N–H and O–H groups in total. The van der Waals surface area contributed by atoms with Gasteiger partial charge in [-0.3, -0.25) is 0 Å². The minimum Gasteiger partial charge on any atom is -0.394 e. The Morgan fingerprint density at radius 3 is 3.06 bits per heavy atom. The van der Waals surface area contributed by atoms with E-state index < -0.39 is 23.4 Å². The molecule has 0 saturated carbocycles. The summed E-state index contributed by atoms with van der Waals surface area (Å²) in [7, 11) is 0. The van der Waals surface area contributed by atoms with Crippen LogP contribution in [0.2, 0.25) is 0 Å². The molecular weight excluding hydrogens is 218 g/mol. The van der Waals surface area contributed by atoms with Crippen molar-refractivity contribution in [2.75, 3.05) is 6.61 Å². The summed E-state index contributed by atoms with van der Waals surface area (Å²) in [5.74, 6) is -0.337. The lowest BCUT2D eigenvalue weighted by atomic mass is 10.2. The third-order valence-electron chi connectivity index (χ3n) is 2.51. The number of nitrogens with zero attached hydrogens (tertiary/aromatic N) is 3. The van der Waals surface area contributed by atoms with Gasteiger partial charge in [-0.2, -0.15) is 0 Å². The molecule has 1 fully saturated rings. The van der Waals surface area contributed by atoms with Gasteiger partial charge in [0.2, 0.25) is 0 Å². The largest absolute Gasteiger partial charge is 0.436 e. The van der Waals surface area contributed by atoms with Crippen LogP contribution < -0.4 is 0 Å². The first-order valence-corrected chi connectivity index (χ1v) is 4.75. The maximum absolute atomic E-state index is 10.6. The Morgan fingerprint density at radius 1 is 1.75 bits per heavy atom. The first-order valence-electron chi connectivity index (χ1n) is 4.75. The molecule has 0 aliphatic carbocycles. The SMILES string of the molecule is O=[N+]([O-])c1nccn1C1C[C@H](O)[C@@H](CO)O1. The molecule has 1 aliphatic heterocycles. The molecule has 0 bridgehead atoms. The predicted octanol–water partition coefficient (Wildman–Crippen LogP) is -0.568. The fourth-order valence-corrected chi connectivity index (χ4v) is 1.72. The zero-order chi connectivity index (χ0) is 11.7. The first-order chi connectivity index (χ1) is 7.63. The zero-order valence-electron chi connectivity index (χ0n) is 8.26. The Morgan fingerprint density at radius 2 is 2.50 bits per heavy atom. The summed E-state index contributed by atoms with van der Waals surface area (Å²) in [6.45, 7) is -0.319. The average Bonchev–Trinajstić information content (AvgIpc) is 2.82. The van der Waals surface area contributed by atoms with Crippen LogP contribution in [0.25, 0.3) is 0 Å². The molecule has 0 aromatic carbocycles. The summed E-state index contributed by atoms with van der Waals surface area (Å²) in [6, 6.07) is 0. The van der Waals surface area contributed by atoms with Crippen LogP contribution in [0.1, 0.15) is 12.6 Å². The van der Waals surface area contributed by atoms with Gasteiger partial charge in [0.1, 0.15) is 18.5 Å². The Labute approximate surface area is 90.2 Å². The molecule has 2 rings (SSSR count). The van der Waals surface area contributed by atoms with Crippen LogP contribution in [-0.4, -0.2) is 43.5 Å². The van der Waals surface area contributed by atoms with E-state index in [1.807, 2.05) is 0 Å². The summed E-state index contributed by atoms with van der Waals surface area (Å²) in [5.41, 5.74) is 0. The molecule has 3 atom stereocenters. The summed E-state index contributed by atoms with van der Waals surface area (Å²) < 4.78 is 6.51. The van der Waals surface area contributed by atoms with Crippen molar-refractivity contribution in [1.29, 1.82) is 0 Å². The highest BCUT2D eigenvalue weighted by Gasteiger charge is 2.38. The van der Waals surface area contributed by atoms with Crippen molar-refractivity contribution in [3.8, 4) is 0 Å². The predicted molar refractivity (Wildman–Crippen MR) is 50.5 cm³/mol. The minimum absolute atomic E-state index is 0.197. The van der Waals surface area contributed by atoms with Gasteiger partial charge in [0.05, 0.1) is 12.7 Å². The van der Waals surface area contributed by atoms with Crippen LogP contribution in [0, 0.1) is 10.1 Å². The number of ether oxygens (including phenoxy) is 1. The molecule has 8 heteroatoms. The maximum Gasteiger partial charge on any atom is 0.436 e. The van der Waals surface area contributed by atoms with E-state index in [4.69, 9.17) is 9.84 Å². The number of aliphatic hydroxyl groups is 2. The lowest BCUT2D eigenvalue weighted by Crippen LogP contribution is -2.24. The molecule has 1 aromatic heterocycles. The van der Waals surface area contributed by atoms with Gasteiger partial charge >= 0.3 is 5.95 Å². The van der Waals surface area contributed by atoms with Crippen LogP contribution in [0.4, 0.5) is 5.95 Å². The number of rotatable bonds is 3. The maximum atomic E-state index is 10.6. The van der Waals surface area contributed by atoms with Crippen LogP contribution in [-0.2, 0) is 4.74 Å². The van der Waals surface area contributed by atoms with Crippen molar-refractivity contribution in [3.05, 3.63) is 22.5 Å². The van der Waals surface area contributed by atoms with Crippen LogP contribution in [0.15, 0.2) is 12.4 Å². The van der Waals surface area contributed by atoms with Gasteiger partial charge in [0.15, 0.2) is 6.23 Å². The van der Waals surface area contributed by atoms with Crippen molar-refractivity contribution >= 4 is 5.95 Å². The number of aromatic nitrogens is 2. The standard InChI is InChI=1S/C8H11N3O5/c12-4-6-5(13)3-7(16-6)10-2-1-9-8(10)11(14)15/h1-2,5-7,12-13H,3-4H2/t5-,6+,7?/m0/s1. The van der Waals surface area contributed by atoms with E-state index in [9.17, 15) is 15.2 Å². The second-order valence-electron chi connectivity index (χ2n) is 3.51. The molecular formula is C8H11N3O5. The molecule has 0 amide bonds. The zero-order valence-corrected chi connectivity index (χ0v) is 8.26. The fourth-order valence-electron chi connectivity index (χ4n) is 1.72. The van der Waals surface area contributed by atoms with Gasteiger partial charge < -0.3 is 25.1 Å². The molecule has 1 aliphatic rings. The van der Waals surface area contributed by atoms with E-state index in [0.29, 0.717) is 0 Å².